The average Bonchev–Trinajstić information content (AvgIpc) is 3.08. The zero-order chi connectivity index (χ0) is 13.1. The maximum Gasteiger partial charge on any atom is 0.224 e. The molecule has 0 radical (unpaired) electrons. The van der Waals surface area contributed by atoms with Crippen molar-refractivity contribution >= 4 is 5.84 Å². The van der Waals surface area contributed by atoms with Crippen molar-refractivity contribution < 1.29 is 4.74 Å². The van der Waals surface area contributed by atoms with Crippen molar-refractivity contribution in [2.24, 2.45) is 12.0 Å². The SMILES string of the molecule is Cn1ccnc1COc1ncccc1C1=NCCN1. The molecular formula is C13H15N5O. The van der Waals surface area contributed by atoms with Crippen LogP contribution in [0, 0.1) is 0 Å². The van der Waals surface area contributed by atoms with Gasteiger partial charge in [0.25, 0.3) is 0 Å². The Morgan fingerprint density at radius 1 is 1.37 bits per heavy atom. The highest BCUT2D eigenvalue weighted by Crippen LogP contribution is 2.17. The van der Waals surface area contributed by atoms with Crippen molar-refractivity contribution in [2.45, 2.75) is 6.61 Å². The van der Waals surface area contributed by atoms with Gasteiger partial charge in [0.1, 0.15) is 18.3 Å². The van der Waals surface area contributed by atoms with Crippen LogP contribution in [-0.4, -0.2) is 33.5 Å². The number of nitrogens with one attached hydrogen (secondary N) is 1. The molecule has 1 N–H and O–H groups in total. The van der Waals surface area contributed by atoms with Gasteiger partial charge in [-0.05, 0) is 12.1 Å². The number of amidine groups is 1. The molecule has 19 heavy (non-hydrogen) atoms. The summed E-state index contributed by atoms with van der Waals surface area (Å²) in [6, 6.07) is 3.84. The predicted molar refractivity (Wildman–Crippen MR) is 71.2 cm³/mol. The van der Waals surface area contributed by atoms with E-state index in [2.05, 4.69) is 20.3 Å². The first-order chi connectivity index (χ1) is 9.34. The summed E-state index contributed by atoms with van der Waals surface area (Å²) in [5.74, 6) is 2.29. The second-order valence-electron chi connectivity index (χ2n) is 4.26. The van der Waals surface area contributed by atoms with Crippen LogP contribution in [0.25, 0.3) is 0 Å². The maximum atomic E-state index is 5.76. The number of hydrogen-bond donors (Lipinski definition) is 1. The number of aromatic nitrogens is 3. The van der Waals surface area contributed by atoms with Crippen molar-refractivity contribution in [3.05, 3.63) is 42.1 Å². The molecular weight excluding hydrogens is 242 g/mol. The van der Waals surface area contributed by atoms with E-state index in [9.17, 15) is 0 Å². The first-order valence-corrected chi connectivity index (χ1v) is 6.17. The number of hydrogen-bond acceptors (Lipinski definition) is 5. The summed E-state index contributed by atoms with van der Waals surface area (Å²) in [5.41, 5.74) is 0.897. The molecule has 3 rings (SSSR count). The molecule has 6 heteroatoms. The molecule has 0 saturated heterocycles. The third-order valence-corrected chi connectivity index (χ3v) is 2.96. The second kappa shape index (κ2) is 5.09. The number of nitrogens with zero attached hydrogens (tertiary/aromatic N) is 4. The van der Waals surface area contributed by atoms with Crippen LogP contribution in [0.2, 0.25) is 0 Å². The van der Waals surface area contributed by atoms with Crippen LogP contribution in [0.15, 0.2) is 35.7 Å². The number of aryl methyl sites for hydroxylation is 1. The fraction of sp³-hybridized carbons (Fsp3) is 0.308. The molecule has 2 aromatic rings. The van der Waals surface area contributed by atoms with Gasteiger partial charge in [-0.15, -0.1) is 0 Å². The van der Waals surface area contributed by atoms with Gasteiger partial charge in [0, 0.05) is 32.2 Å². The lowest BCUT2D eigenvalue weighted by Crippen LogP contribution is -2.20. The average molecular weight is 257 g/mol. The fourth-order valence-corrected chi connectivity index (χ4v) is 1.93. The number of ether oxygens (including phenoxy) is 1. The summed E-state index contributed by atoms with van der Waals surface area (Å²) in [5, 5.41) is 3.23. The van der Waals surface area contributed by atoms with E-state index in [-0.39, 0.29) is 0 Å². The Morgan fingerprint density at radius 2 is 2.32 bits per heavy atom. The Labute approximate surface area is 111 Å². The lowest BCUT2D eigenvalue weighted by molar-refractivity contribution is 0.279. The molecule has 98 valence electrons. The van der Waals surface area contributed by atoms with E-state index in [4.69, 9.17) is 4.74 Å². The molecule has 0 amide bonds. The zero-order valence-corrected chi connectivity index (χ0v) is 10.7. The van der Waals surface area contributed by atoms with E-state index in [1.165, 1.54) is 0 Å². The molecule has 1 aliphatic rings. The van der Waals surface area contributed by atoms with Crippen molar-refractivity contribution in [2.75, 3.05) is 13.1 Å². The van der Waals surface area contributed by atoms with Crippen LogP contribution in [0.1, 0.15) is 11.4 Å². The van der Waals surface area contributed by atoms with Gasteiger partial charge in [-0.25, -0.2) is 9.97 Å². The molecule has 0 spiro atoms. The monoisotopic (exact) mass is 257 g/mol. The molecule has 0 saturated carbocycles. The van der Waals surface area contributed by atoms with Gasteiger partial charge < -0.3 is 14.6 Å². The molecule has 0 fully saturated rings. The van der Waals surface area contributed by atoms with Crippen LogP contribution in [0.5, 0.6) is 5.88 Å². The minimum Gasteiger partial charge on any atom is -0.469 e. The Hall–Kier alpha value is -2.37. The minimum absolute atomic E-state index is 0.390. The predicted octanol–water partition coefficient (Wildman–Crippen LogP) is 0.744. The minimum atomic E-state index is 0.390. The summed E-state index contributed by atoms with van der Waals surface area (Å²) in [6.07, 6.45) is 5.36. The first-order valence-electron chi connectivity index (χ1n) is 6.17. The van der Waals surface area contributed by atoms with Gasteiger partial charge in [0.2, 0.25) is 5.88 Å². The molecule has 0 unspecified atom stereocenters. The number of imidazole rings is 1. The molecule has 3 heterocycles. The van der Waals surface area contributed by atoms with Crippen molar-refractivity contribution in [1.29, 1.82) is 0 Å². The third-order valence-electron chi connectivity index (χ3n) is 2.96. The quantitative estimate of drug-likeness (QED) is 0.877. The molecule has 0 bridgehead atoms. The molecule has 0 aliphatic carbocycles. The van der Waals surface area contributed by atoms with E-state index in [0.29, 0.717) is 12.5 Å². The topological polar surface area (TPSA) is 64.3 Å². The van der Waals surface area contributed by atoms with Crippen LogP contribution in [0.3, 0.4) is 0 Å². The molecule has 2 aromatic heterocycles. The van der Waals surface area contributed by atoms with Gasteiger partial charge in [0.05, 0.1) is 12.1 Å². The van der Waals surface area contributed by atoms with Gasteiger partial charge in [-0.3, -0.25) is 4.99 Å². The lowest BCUT2D eigenvalue weighted by Gasteiger charge is -2.10. The summed E-state index contributed by atoms with van der Waals surface area (Å²) >= 11 is 0. The molecule has 6 nitrogen and oxygen atoms in total. The number of aliphatic imine (C=N–C) groups is 1. The van der Waals surface area contributed by atoms with Gasteiger partial charge in [0.15, 0.2) is 0 Å². The van der Waals surface area contributed by atoms with Crippen LogP contribution < -0.4 is 10.1 Å². The van der Waals surface area contributed by atoms with Crippen molar-refractivity contribution in [3.8, 4) is 5.88 Å². The maximum absolute atomic E-state index is 5.76. The van der Waals surface area contributed by atoms with Gasteiger partial charge >= 0.3 is 0 Å². The summed E-state index contributed by atoms with van der Waals surface area (Å²) in [4.78, 5) is 12.9. The molecule has 0 aromatic carbocycles. The van der Waals surface area contributed by atoms with E-state index in [1.807, 2.05) is 29.9 Å². The van der Waals surface area contributed by atoms with E-state index in [1.54, 1.807) is 12.4 Å². The second-order valence-corrected chi connectivity index (χ2v) is 4.26. The van der Waals surface area contributed by atoms with Crippen LogP contribution in [-0.2, 0) is 13.7 Å². The Balaban J connectivity index is 1.79. The largest absolute Gasteiger partial charge is 0.469 e. The van der Waals surface area contributed by atoms with Crippen LogP contribution >= 0.6 is 0 Å². The first kappa shape index (κ1) is 11.7. The highest BCUT2D eigenvalue weighted by molar-refractivity contribution is 6.01. The van der Waals surface area contributed by atoms with Crippen molar-refractivity contribution in [3.63, 3.8) is 0 Å². The highest BCUT2D eigenvalue weighted by atomic mass is 16.5. The molecule has 1 aliphatic heterocycles. The third kappa shape index (κ3) is 2.42. The highest BCUT2D eigenvalue weighted by Gasteiger charge is 2.14. The Bertz CT molecular complexity index is 605. The van der Waals surface area contributed by atoms with Gasteiger partial charge in [-0.2, -0.15) is 0 Å². The Kier molecular flexibility index (Phi) is 3.14. The lowest BCUT2D eigenvalue weighted by atomic mass is 10.2. The zero-order valence-electron chi connectivity index (χ0n) is 10.7. The van der Waals surface area contributed by atoms with E-state index < -0.39 is 0 Å². The summed E-state index contributed by atoms with van der Waals surface area (Å²) in [6.45, 7) is 2.05. The standard InChI is InChI=1S/C13H15N5O/c1-18-8-7-14-11(18)9-19-13-10(3-2-4-17-13)12-15-5-6-16-12/h2-4,7-8H,5-6,9H2,1H3,(H,15,16). The summed E-state index contributed by atoms with van der Waals surface area (Å²) in [7, 11) is 1.94. The van der Waals surface area contributed by atoms with Crippen molar-refractivity contribution in [1.82, 2.24) is 19.9 Å². The van der Waals surface area contributed by atoms with Crippen LogP contribution in [0.4, 0.5) is 0 Å². The number of pyridine rings is 1. The Morgan fingerprint density at radius 3 is 3.05 bits per heavy atom. The number of rotatable bonds is 4. The van der Waals surface area contributed by atoms with Gasteiger partial charge in [-0.1, -0.05) is 0 Å². The smallest absolute Gasteiger partial charge is 0.224 e. The fourth-order valence-electron chi connectivity index (χ4n) is 1.93. The molecule has 0 atom stereocenters. The van der Waals surface area contributed by atoms with E-state index >= 15 is 0 Å². The normalized spacial score (nSPS) is 14.1. The summed E-state index contributed by atoms with van der Waals surface area (Å²) < 4.78 is 7.68. The van der Waals surface area contributed by atoms with E-state index in [0.717, 1.165) is 30.3 Å².